The number of ether oxygens (including phenoxy) is 1. The van der Waals surface area contributed by atoms with Crippen LogP contribution in [0.3, 0.4) is 0 Å². The van der Waals surface area contributed by atoms with Crippen molar-refractivity contribution in [2.75, 3.05) is 0 Å². The second kappa shape index (κ2) is 6.75. The third kappa shape index (κ3) is 3.95. The molecular formula is C17H17NO3S. The average Bonchev–Trinajstić information content (AvgIpc) is 3.19. The Bertz CT molecular complexity index is 635. The van der Waals surface area contributed by atoms with Crippen molar-refractivity contribution in [3.63, 3.8) is 0 Å². The van der Waals surface area contributed by atoms with Crippen molar-refractivity contribution in [2.45, 2.75) is 31.4 Å². The molecule has 1 aliphatic carbocycles. The van der Waals surface area contributed by atoms with Crippen LogP contribution in [0.5, 0.6) is 0 Å². The van der Waals surface area contributed by atoms with Crippen LogP contribution >= 0.6 is 11.3 Å². The van der Waals surface area contributed by atoms with E-state index in [1.165, 1.54) is 11.3 Å². The van der Waals surface area contributed by atoms with Gasteiger partial charge in [-0.1, -0.05) is 36.4 Å². The van der Waals surface area contributed by atoms with Gasteiger partial charge in [-0.3, -0.25) is 9.59 Å². The standard InChI is InChI=1S/C17H17NO3S/c19-15(11-14-7-4-10-22-14)21-16(12-5-2-1-3-6-12)17(20)18-13-8-9-13/h1-7,10,13,16H,8-9,11H2,(H,18,20). The van der Waals surface area contributed by atoms with Gasteiger partial charge >= 0.3 is 5.97 Å². The van der Waals surface area contributed by atoms with Crippen LogP contribution in [-0.2, 0) is 20.7 Å². The molecule has 0 bridgehead atoms. The van der Waals surface area contributed by atoms with Gasteiger partial charge in [-0.25, -0.2) is 0 Å². The molecule has 0 spiro atoms. The minimum absolute atomic E-state index is 0.192. The summed E-state index contributed by atoms with van der Waals surface area (Å²) in [6.07, 6.45) is 1.30. The Morgan fingerprint density at radius 3 is 2.59 bits per heavy atom. The van der Waals surface area contributed by atoms with E-state index in [1.807, 2.05) is 35.7 Å². The molecule has 2 aromatic rings. The summed E-state index contributed by atoms with van der Waals surface area (Å²) in [5, 5.41) is 4.82. The van der Waals surface area contributed by atoms with Gasteiger partial charge in [0.15, 0.2) is 0 Å². The molecule has 22 heavy (non-hydrogen) atoms. The van der Waals surface area contributed by atoms with Crippen molar-refractivity contribution in [3.8, 4) is 0 Å². The van der Waals surface area contributed by atoms with Crippen LogP contribution in [0.4, 0.5) is 0 Å². The van der Waals surface area contributed by atoms with Crippen LogP contribution in [0.25, 0.3) is 0 Å². The number of hydrogen-bond acceptors (Lipinski definition) is 4. The largest absolute Gasteiger partial charge is 0.447 e. The van der Waals surface area contributed by atoms with Crippen molar-refractivity contribution >= 4 is 23.2 Å². The first-order valence-corrected chi connectivity index (χ1v) is 8.17. The lowest BCUT2D eigenvalue weighted by molar-refractivity contribution is -0.155. The number of esters is 1. The summed E-state index contributed by atoms with van der Waals surface area (Å²) >= 11 is 1.50. The van der Waals surface area contributed by atoms with E-state index in [0.717, 1.165) is 17.7 Å². The smallest absolute Gasteiger partial charge is 0.312 e. The second-order valence-corrected chi connectivity index (χ2v) is 6.35. The summed E-state index contributed by atoms with van der Waals surface area (Å²) in [5.41, 5.74) is 0.695. The van der Waals surface area contributed by atoms with Gasteiger partial charge < -0.3 is 10.1 Å². The summed E-state index contributed by atoms with van der Waals surface area (Å²) in [6, 6.07) is 13.1. The van der Waals surface area contributed by atoms with Gasteiger partial charge in [-0.05, 0) is 24.3 Å². The minimum Gasteiger partial charge on any atom is -0.447 e. The lowest BCUT2D eigenvalue weighted by atomic mass is 10.1. The van der Waals surface area contributed by atoms with E-state index < -0.39 is 6.10 Å². The van der Waals surface area contributed by atoms with Crippen molar-refractivity contribution in [3.05, 3.63) is 58.3 Å². The highest BCUT2D eigenvalue weighted by Gasteiger charge is 2.30. The van der Waals surface area contributed by atoms with Gasteiger partial charge in [0.25, 0.3) is 5.91 Å². The van der Waals surface area contributed by atoms with Crippen molar-refractivity contribution in [1.82, 2.24) is 5.32 Å². The molecule has 1 aromatic heterocycles. The molecule has 1 amide bonds. The zero-order valence-corrected chi connectivity index (χ0v) is 12.8. The predicted octanol–water partition coefficient (Wildman–Crippen LogP) is 2.85. The first kappa shape index (κ1) is 14.8. The maximum atomic E-state index is 12.3. The van der Waals surface area contributed by atoms with Crippen molar-refractivity contribution < 1.29 is 14.3 Å². The van der Waals surface area contributed by atoms with Gasteiger partial charge in [0.2, 0.25) is 6.10 Å². The molecule has 1 fully saturated rings. The van der Waals surface area contributed by atoms with Gasteiger partial charge in [0.05, 0.1) is 6.42 Å². The maximum absolute atomic E-state index is 12.3. The molecule has 1 N–H and O–H groups in total. The lowest BCUT2D eigenvalue weighted by Gasteiger charge is -2.17. The Labute approximate surface area is 133 Å². The summed E-state index contributed by atoms with van der Waals surface area (Å²) in [6.45, 7) is 0. The van der Waals surface area contributed by atoms with Crippen LogP contribution in [0.2, 0.25) is 0 Å². The first-order chi connectivity index (χ1) is 10.7. The molecule has 5 heteroatoms. The topological polar surface area (TPSA) is 55.4 Å². The molecule has 1 unspecified atom stereocenters. The normalized spacial score (nSPS) is 15.1. The van der Waals surface area contributed by atoms with Gasteiger partial charge in [0, 0.05) is 16.5 Å². The Kier molecular flexibility index (Phi) is 4.53. The fourth-order valence-corrected chi connectivity index (χ4v) is 2.82. The number of nitrogens with one attached hydrogen (secondary N) is 1. The highest BCUT2D eigenvalue weighted by atomic mass is 32.1. The van der Waals surface area contributed by atoms with Crippen LogP contribution in [-0.4, -0.2) is 17.9 Å². The monoisotopic (exact) mass is 315 g/mol. The van der Waals surface area contributed by atoms with E-state index in [-0.39, 0.29) is 24.3 Å². The Balaban J connectivity index is 1.70. The Hall–Kier alpha value is -2.14. The van der Waals surface area contributed by atoms with Crippen LogP contribution in [0, 0.1) is 0 Å². The highest BCUT2D eigenvalue weighted by Crippen LogP contribution is 2.23. The lowest BCUT2D eigenvalue weighted by Crippen LogP contribution is -2.33. The summed E-state index contributed by atoms with van der Waals surface area (Å²) < 4.78 is 5.46. The summed E-state index contributed by atoms with van der Waals surface area (Å²) in [5.74, 6) is -0.629. The third-order valence-corrected chi connectivity index (χ3v) is 4.29. The van der Waals surface area contributed by atoms with Crippen molar-refractivity contribution in [2.24, 2.45) is 0 Å². The second-order valence-electron chi connectivity index (χ2n) is 5.32. The molecule has 1 aromatic carbocycles. The maximum Gasteiger partial charge on any atom is 0.312 e. The number of thiophene rings is 1. The number of amides is 1. The fourth-order valence-electron chi connectivity index (χ4n) is 2.13. The molecule has 1 saturated carbocycles. The molecule has 114 valence electrons. The van der Waals surface area contributed by atoms with E-state index in [2.05, 4.69) is 5.32 Å². The molecule has 0 radical (unpaired) electrons. The number of carbonyl (C=O) groups excluding carboxylic acids is 2. The average molecular weight is 315 g/mol. The molecular weight excluding hydrogens is 298 g/mol. The van der Waals surface area contributed by atoms with Gasteiger partial charge in [-0.2, -0.15) is 0 Å². The van der Waals surface area contributed by atoms with Crippen LogP contribution in [0.15, 0.2) is 47.8 Å². The predicted molar refractivity (Wildman–Crippen MR) is 84.5 cm³/mol. The molecule has 0 saturated heterocycles. The first-order valence-electron chi connectivity index (χ1n) is 7.29. The minimum atomic E-state index is -0.880. The van der Waals surface area contributed by atoms with E-state index in [1.54, 1.807) is 12.1 Å². The van der Waals surface area contributed by atoms with E-state index in [0.29, 0.717) is 5.56 Å². The van der Waals surface area contributed by atoms with Crippen LogP contribution in [0.1, 0.15) is 29.4 Å². The van der Waals surface area contributed by atoms with E-state index >= 15 is 0 Å². The SMILES string of the molecule is O=C(Cc1cccs1)OC(C(=O)NC1CC1)c1ccccc1. The van der Waals surface area contributed by atoms with E-state index in [9.17, 15) is 9.59 Å². The highest BCUT2D eigenvalue weighted by molar-refractivity contribution is 7.10. The summed E-state index contributed by atoms with van der Waals surface area (Å²) in [4.78, 5) is 25.4. The molecule has 0 aliphatic heterocycles. The number of benzene rings is 1. The van der Waals surface area contributed by atoms with E-state index in [4.69, 9.17) is 4.74 Å². The fraction of sp³-hybridized carbons (Fsp3) is 0.294. The molecule has 1 atom stereocenters. The molecule has 1 heterocycles. The Morgan fingerprint density at radius 1 is 1.18 bits per heavy atom. The quantitative estimate of drug-likeness (QED) is 0.834. The zero-order valence-electron chi connectivity index (χ0n) is 12.0. The Morgan fingerprint density at radius 2 is 1.95 bits per heavy atom. The third-order valence-electron chi connectivity index (χ3n) is 3.41. The molecule has 4 nitrogen and oxygen atoms in total. The van der Waals surface area contributed by atoms with Gasteiger partial charge in [0.1, 0.15) is 0 Å². The summed E-state index contributed by atoms with van der Waals surface area (Å²) in [7, 11) is 0. The number of rotatable bonds is 6. The van der Waals surface area contributed by atoms with Crippen molar-refractivity contribution in [1.29, 1.82) is 0 Å². The zero-order chi connectivity index (χ0) is 15.4. The number of hydrogen-bond donors (Lipinski definition) is 1. The molecule has 3 rings (SSSR count). The van der Waals surface area contributed by atoms with Crippen LogP contribution < -0.4 is 5.32 Å². The molecule has 1 aliphatic rings. The number of carbonyl (C=O) groups is 2. The van der Waals surface area contributed by atoms with Gasteiger partial charge in [-0.15, -0.1) is 11.3 Å².